The summed E-state index contributed by atoms with van der Waals surface area (Å²) < 4.78 is 5.86. The van der Waals surface area contributed by atoms with Crippen molar-refractivity contribution in [3.8, 4) is 11.4 Å². The molecule has 0 aliphatic rings. The van der Waals surface area contributed by atoms with Crippen LogP contribution in [0.25, 0.3) is 5.69 Å². The molecule has 0 saturated heterocycles. The maximum absolute atomic E-state index is 11.4. The first-order valence-electron chi connectivity index (χ1n) is 5.60. The Labute approximate surface area is 117 Å². The van der Waals surface area contributed by atoms with Gasteiger partial charge in [-0.05, 0) is 12.1 Å². The van der Waals surface area contributed by atoms with E-state index in [2.05, 4.69) is 5.10 Å². The third-order valence-corrected chi connectivity index (χ3v) is 2.64. The van der Waals surface area contributed by atoms with Crippen LogP contribution in [0.15, 0.2) is 35.3 Å². The number of nitro groups is 1. The van der Waals surface area contributed by atoms with Crippen LogP contribution in [0.1, 0.15) is 10.5 Å². The van der Waals surface area contributed by atoms with Crippen molar-refractivity contribution in [2.75, 3.05) is 7.11 Å². The number of carboxylic acids is 1. The lowest BCUT2D eigenvalue weighted by atomic mass is 10.2. The highest BCUT2D eigenvalue weighted by atomic mass is 16.6. The number of rotatable bonds is 4. The highest BCUT2D eigenvalue weighted by molar-refractivity contribution is 5.84. The largest absolute Gasteiger partial charge is 0.496 e. The molecule has 1 aromatic heterocycles. The van der Waals surface area contributed by atoms with Crippen LogP contribution in [0.4, 0.5) is 5.69 Å². The molecule has 0 amide bonds. The fourth-order valence-electron chi connectivity index (χ4n) is 1.66. The standard InChI is InChI=1S/C12H9N3O6/c1-21-7-2-3-8(9(6-7)15(19)20)14-5-4-10(16)11(13-14)12(17)18/h2-6H,1H3,(H,17,18). The Kier molecular flexibility index (Phi) is 3.65. The van der Waals surface area contributed by atoms with Crippen LogP contribution in [-0.4, -0.2) is 32.9 Å². The molecule has 21 heavy (non-hydrogen) atoms. The molecule has 9 nitrogen and oxygen atoms in total. The smallest absolute Gasteiger partial charge is 0.360 e. The Morgan fingerprint density at radius 3 is 2.71 bits per heavy atom. The second-order valence-electron chi connectivity index (χ2n) is 3.89. The van der Waals surface area contributed by atoms with Crippen LogP contribution in [0.2, 0.25) is 0 Å². The summed E-state index contributed by atoms with van der Waals surface area (Å²) in [6, 6.07) is 4.96. The second-order valence-corrected chi connectivity index (χ2v) is 3.89. The normalized spacial score (nSPS) is 10.1. The lowest BCUT2D eigenvalue weighted by Crippen LogP contribution is -2.20. The summed E-state index contributed by atoms with van der Waals surface area (Å²) in [5, 5.41) is 23.5. The molecule has 2 aromatic rings. The molecule has 9 heteroatoms. The summed E-state index contributed by atoms with van der Waals surface area (Å²) in [7, 11) is 1.36. The maximum atomic E-state index is 11.4. The minimum atomic E-state index is -1.51. The molecule has 0 spiro atoms. The molecule has 0 bridgehead atoms. The highest BCUT2D eigenvalue weighted by Gasteiger charge is 2.19. The van der Waals surface area contributed by atoms with E-state index >= 15 is 0 Å². The SMILES string of the molecule is COc1ccc(-n2ccc(=O)c(C(=O)O)n2)c([N+](=O)[O-])c1. The van der Waals surface area contributed by atoms with Gasteiger partial charge in [0.1, 0.15) is 11.4 Å². The molecule has 1 aromatic carbocycles. The van der Waals surface area contributed by atoms with Crippen molar-refractivity contribution in [3.05, 3.63) is 56.5 Å². The first-order chi connectivity index (χ1) is 9.93. The second kappa shape index (κ2) is 5.41. The van der Waals surface area contributed by atoms with Crippen LogP contribution in [0.5, 0.6) is 5.75 Å². The van der Waals surface area contributed by atoms with Crippen LogP contribution in [0.3, 0.4) is 0 Å². The van der Waals surface area contributed by atoms with E-state index in [1.807, 2.05) is 0 Å². The predicted molar refractivity (Wildman–Crippen MR) is 70.0 cm³/mol. The van der Waals surface area contributed by atoms with E-state index in [1.165, 1.54) is 25.3 Å². The Morgan fingerprint density at radius 2 is 2.14 bits per heavy atom. The molecule has 1 heterocycles. The van der Waals surface area contributed by atoms with Crippen molar-refractivity contribution < 1.29 is 19.6 Å². The molecule has 0 aliphatic carbocycles. The quantitative estimate of drug-likeness (QED) is 0.653. The lowest BCUT2D eigenvalue weighted by Gasteiger charge is -2.08. The topological polar surface area (TPSA) is 125 Å². The van der Waals surface area contributed by atoms with Crippen LogP contribution in [-0.2, 0) is 0 Å². The number of aromatic nitrogens is 2. The van der Waals surface area contributed by atoms with Gasteiger partial charge in [0.05, 0.1) is 18.1 Å². The number of nitro benzene ring substituents is 1. The van der Waals surface area contributed by atoms with Gasteiger partial charge in [0.25, 0.3) is 5.69 Å². The number of nitrogens with zero attached hydrogens (tertiary/aromatic N) is 3. The molecule has 2 rings (SSSR count). The lowest BCUT2D eigenvalue weighted by molar-refractivity contribution is -0.384. The van der Waals surface area contributed by atoms with Gasteiger partial charge in [0, 0.05) is 12.3 Å². The molecule has 0 unspecified atom stereocenters. The fraction of sp³-hybridized carbons (Fsp3) is 0.0833. The van der Waals surface area contributed by atoms with E-state index in [0.717, 1.165) is 16.9 Å². The van der Waals surface area contributed by atoms with Gasteiger partial charge in [-0.25, -0.2) is 9.48 Å². The Bertz CT molecular complexity index is 783. The molecule has 0 fully saturated rings. The number of carbonyl (C=O) groups is 1. The summed E-state index contributed by atoms with van der Waals surface area (Å²) >= 11 is 0. The molecule has 0 aliphatic heterocycles. The van der Waals surface area contributed by atoms with Gasteiger partial charge in [-0.1, -0.05) is 0 Å². The fourth-order valence-corrected chi connectivity index (χ4v) is 1.66. The van der Waals surface area contributed by atoms with Gasteiger partial charge in [0.2, 0.25) is 11.1 Å². The van der Waals surface area contributed by atoms with E-state index in [9.17, 15) is 19.7 Å². The molecule has 0 radical (unpaired) electrons. The van der Waals surface area contributed by atoms with Gasteiger partial charge in [-0.2, -0.15) is 5.10 Å². The summed E-state index contributed by atoms with van der Waals surface area (Å²) in [5.41, 5.74) is -1.82. The van der Waals surface area contributed by atoms with Crippen LogP contribution < -0.4 is 10.2 Å². The van der Waals surface area contributed by atoms with Crippen molar-refractivity contribution in [2.45, 2.75) is 0 Å². The van der Waals surface area contributed by atoms with Crippen molar-refractivity contribution in [1.82, 2.24) is 9.78 Å². The minimum Gasteiger partial charge on any atom is -0.496 e. The number of hydrogen-bond acceptors (Lipinski definition) is 6. The summed E-state index contributed by atoms with van der Waals surface area (Å²) in [6.45, 7) is 0. The van der Waals surface area contributed by atoms with Crippen molar-refractivity contribution in [3.63, 3.8) is 0 Å². The van der Waals surface area contributed by atoms with Crippen molar-refractivity contribution in [1.29, 1.82) is 0 Å². The maximum Gasteiger partial charge on any atom is 0.360 e. The number of benzene rings is 1. The third-order valence-electron chi connectivity index (χ3n) is 2.64. The molecule has 0 atom stereocenters. The van der Waals surface area contributed by atoms with E-state index in [-0.39, 0.29) is 17.1 Å². The summed E-state index contributed by atoms with van der Waals surface area (Å²) in [5.74, 6) is -1.24. The number of carboxylic acid groups (broad SMARTS) is 1. The van der Waals surface area contributed by atoms with Gasteiger partial charge in [0.15, 0.2) is 0 Å². The monoisotopic (exact) mass is 291 g/mol. The van der Waals surface area contributed by atoms with Gasteiger partial charge in [-0.15, -0.1) is 0 Å². The predicted octanol–water partition coefficient (Wildman–Crippen LogP) is 0.847. The zero-order chi connectivity index (χ0) is 15.6. The molecular weight excluding hydrogens is 282 g/mol. The summed E-state index contributed by atoms with van der Waals surface area (Å²) in [6.07, 6.45) is 1.16. The number of ether oxygens (including phenoxy) is 1. The third kappa shape index (κ3) is 2.71. The Hall–Kier alpha value is -3.23. The minimum absolute atomic E-state index is 0.0169. The highest BCUT2D eigenvalue weighted by Crippen LogP contribution is 2.26. The van der Waals surface area contributed by atoms with Gasteiger partial charge in [-0.3, -0.25) is 14.9 Å². The van der Waals surface area contributed by atoms with E-state index < -0.39 is 22.0 Å². The first kappa shape index (κ1) is 14.2. The van der Waals surface area contributed by atoms with Gasteiger partial charge >= 0.3 is 5.97 Å². The van der Waals surface area contributed by atoms with Crippen LogP contribution >= 0.6 is 0 Å². The first-order valence-corrected chi connectivity index (χ1v) is 5.60. The number of methoxy groups -OCH3 is 1. The van der Waals surface area contributed by atoms with Crippen LogP contribution in [0, 0.1) is 10.1 Å². The number of aromatic carboxylic acids is 1. The summed E-state index contributed by atoms with van der Waals surface area (Å²) in [4.78, 5) is 32.7. The Morgan fingerprint density at radius 1 is 1.43 bits per heavy atom. The molecular formula is C12H9N3O6. The zero-order valence-corrected chi connectivity index (χ0v) is 10.7. The molecule has 0 saturated carbocycles. The van der Waals surface area contributed by atoms with E-state index in [0.29, 0.717) is 0 Å². The van der Waals surface area contributed by atoms with Crippen molar-refractivity contribution in [2.24, 2.45) is 0 Å². The molecule has 108 valence electrons. The zero-order valence-electron chi connectivity index (χ0n) is 10.7. The van der Waals surface area contributed by atoms with E-state index in [4.69, 9.17) is 9.84 Å². The Balaban J connectivity index is 2.67. The number of hydrogen-bond donors (Lipinski definition) is 1. The van der Waals surface area contributed by atoms with Crippen molar-refractivity contribution >= 4 is 11.7 Å². The van der Waals surface area contributed by atoms with E-state index in [1.54, 1.807) is 0 Å². The van der Waals surface area contributed by atoms with Gasteiger partial charge < -0.3 is 9.84 Å². The molecule has 1 N–H and O–H groups in total. The average Bonchev–Trinajstić information content (AvgIpc) is 2.46. The average molecular weight is 291 g/mol.